The summed E-state index contributed by atoms with van der Waals surface area (Å²) < 4.78 is 10.6. The van der Waals surface area contributed by atoms with Gasteiger partial charge >= 0.3 is 0 Å². The zero-order valence-corrected chi connectivity index (χ0v) is 4.99. The van der Waals surface area contributed by atoms with Crippen molar-refractivity contribution in [3.63, 3.8) is 0 Å². The zero-order valence-electron chi connectivity index (χ0n) is 4.18. The predicted molar refractivity (Wildman–Crippen MR) is 30.3 cm³/mol. The minimum absolute atomic E-state index is 0.181. The van der Waals surface area contributed by atoms with Gasteiger partial charge in [-0.05, 0) is 24.2 Å². The average Bonchev–Trinajstić information content (AvgIpc) is 1.91. The molecule has 1 aliphatic heterocycles. The fraction of sp³-hybridized carbons (Fsp3) is 0.600. The Morgan fingerprint density at radius 2 is 2.71 bits per heavy atom. The summed E-state index contributed by atoms with van der Waals surface area (Å²) in [5.41, 5.74) is 0. The number of hydrogen-bond acceptors (Lipinski definition) is 1. The van der Waals surface area contributed by atoms with Gasteiger partial charge in [-0.15, -0.1) is 0 Å². The largest absolute Gasteiger partial charge is 0.616 e. The third-order valence-electron chi connectivity index (χ3n) is 0.994. The molecule has 0 aromatic carbocycles. The molecule has 0 bridgehead atoms. The van der Waals surface area contributed by atoms with Crippen LogP contribution in [-0.4, -0.2) is 15.6 Å². The molecule has 39 valence electrons. The highest BCUT2D eigenvalue weighted by molar-refractivity contribution is 7.92. The SMILES string of the molecule is CC1[C]=CC[S+]1[O-]. The Labute approximate surface area is 46.6 Å². The van der Waals surface area contributed by atoms with Crippen molar-refractivity contribution in [1.82, 2.24) is 0 Å². The van der Waals surface area contributed by atoms with Gasteiger partial charge in [-0.1, -0.05) is 0 Å². The third-order valence-corrected chi connectivity index (χ3v) is 2.41. The quantitative estimate of drug-likeness (QED) is 0.421. The van der Waals surface area contributed by atoms with Crippen LogP contribution in [0, 0.1) is 6.08 Å². The Balaban J connectivity index is 2.45. The topological polar surface area (TPSA) is 23.1 Å². The van der Waals surface area contributed by atoms with Crippen molar-refractivity contribution in [2.75, 3.05) is 5.75 Å². The molecule has 0 aliphatic carbocycles. The highest BCUT2D eigenvalue weighted by atomic mass is 32.2. The van der Waals surface area contributed by atoms with E-state index in [2.05, 4.69) is 6.08 Å². The molecule has 0 saturated heterocycles. The van der Waals surface area contributed by atoms with E-state index in [0.717, 1.165) is 0 Å². The van der Waals surface area contributed by atoms with E-state index >= 15 is 0 Å². The van der Waals surface area contributed by atoms with Gasteiger partial charge in [0.15, 0.2) is 0 Å². The van der Waals surface area contributed by atoms with Crippen molar-refractivity contribution >= 4 is 11.2 Å². The molecule has 1 heterocycles. The van der Waals surface area contributed by atoms with Crippen LogP contribution in [0.25, 0.3) is 0 Å². The summed E-state index contributed by atoms with van der Waals surface area (Å²) in [6.07, 6.45) is 4.79. The van der Waals surface area contributed by atoms with Gasteiger partial charge in [0, 0.05) is 6.08 Å². The van der Waals surface area contributed by atoms with Gasteiger partial charge in [0.1, 0.15) is 11.0 Å². The van der Waals surface area contributed by atoms with E-state index < -0.39 is 11.2 Å². The number of rotatable bonds is 0. The van der Waals surface area contributed by atoms with E-state index in [4.69, 9.17) is 0 Å². The summed E-state index contributed by atoms with van der Waals surface area (Å²) in [7, 11) is 0. The van der Waals surface area contributed by atoms with Crippen molar-refractivity contribution in [3.8, 4) is 0 Å². The standard InChI is InChI=1S/C5H7OS/c1-5-3-2-4-7(5)6/h2,5H,4H2,1H3. The smallest absolute Gasteiger partial charge is 0.138 e. The summed E-state index contributed by atoms with van der Waals surface area (Å²) in [6, 6.07) is 0. The van der Waals surface area contributed by atoms with Gasteiger partial charge in [-0.3, -0.25) is 0 Å². The molecule has 0 spiro atoms. The van der Waals surface area contributed by atoms with E-state index in [-0.39, 0.29) is 5.25 Å². The lowest BCUT2D eigenvalue weighted by atomic mass is 10.4. The van der Waals surface area contributed by atoms with Crippen LogP contribution in [-0.2, 0) is 11.2 Å². The lowest BCUT2D eigenvalue weighted by molar-refractivity contribution is 0.595. The molecule has 0 N–H and O–H groups in total. The van der Waals surface area contributed by atoms with Gasteiger partial charge in [0.2, 0.25) is 0 Å². The summed E-state index contributed by atoms with van der Waals surface area (Å²) >= 11 is -0.634. The summed E-state index contributed by atoms with van der Waals surface area (Å²) in [5.74, 6) is 0.709. The summed E-state index contributed by atoms with van der Waals surface area (Å²) in [4.78, 5) is 0. The van der Waals surface area contributed by atoms with Gasteiger partial charge in [-0.2, -0.15) is 0 Å². The molecule has 2 atom stereocenters. The van der Waals surface area contributed by atoms with Crippen LogP contribution in [0.4, 0.5) is 0 Å². The monoisotopic (exact) mass is 115 g/mol. The van der Waals surface area contributed by atoms with Crippen LogP contribution in [0.2, 0.25) is 0 Å². The normalized spacial score (nSPS) is 39.7. The fourth-order valence-corrected chi connectivity index (χ4v) is 1.31. The minimum atomic E-state index is -0.634. The van der Waals surface area contributed by atoms with Crippen LogP contribution < -0.4 is 0 Å². The second kappa shape index (κ2) is 1.88. The predicted octanol–water partition coefficient (Wildman–Crippen LogP) is 0.497. The molecule has 7 heavy (non-hydrogen) atoms. The molecule has 1 radical (unpaired) electrons. The van der Waals surface area contributed by atoms with Crippen molar-refractivity contribution in [1.29, 1.82) is 0 Å². The molecule has 0 amide bonds. The van der Waals surface area contributed by atoms with Crippen molar-refractivity contribution in [3.05, 3.63) is 12.2 Å². The van der Waals surface area contributed by atoms with Crippen LogP contribution in [0.15, 0.2) is 6.08 Å². The first-order chi connectivity index (χ1) is 3.30. The second-order valence-corrected chi connectivity index (χ2v) is 3.36. The van der Waals surface area contributed by atoms with Crippen LogP contribution in [0.5, 0.6) is 0 Å². The van der Waals surface area contributed by atoms with E-state index in [9.17, 15) is 4.55 Å². The molecule has 2 unspecified atom stereocenters. The zero-order chi connectivity index (χ0) is 5.28. The van der Waals surface area contributed by atoms with Crippen LogP contribution in [0.3, 0.4) is 0 Å². The molecule has 0 fully saturated rings. The lowest BCUT2D eigenvalue weighted by Crippen LogP contribution is -2.11. The summed E-state index contributed by atoms with van der Waals surface area (Å²) in [5, 5.41) is 0.181. The van der Waals surface area contributed by atoms with Gasteiger partial charge in [0.05, 0.1) is 0 Å². The Bertz CT molecular complexity index is 90.1. The molecule has 0 aromatic heterocycles. The second-order valence-electron chi connectivity index (χ2n) is 1.56. The highest BCUT2D eigenvalue weighted by Gasteiger charge is 2.17. The number of hydrogen-bond donors (Lipinski definition) is 0. The third kappa shape index (κ3) is 0.983. The van der Waals surface area contributed by atoms with E-state index in [1.807, 2.05) is 13.0 Å². The molecular formula is C5H7OS. The first-order valence-electron chi connectivity index (χ1n) is 2.25. The van der Waals surface area contributed by atoms with Crippen LogP contribution in [0.1, 0.15) is 6.92 Å². The van der Waals surface area contributed by atoms with Crippen LogP contribution >= 0.6 is 0 Å². The highest BCUT2D eigenvalue weighted by Crippen LogP contribution is 2.09. The Hall–Kier alpha value is 0.0500. The molecule has 1 aliphatic rings. The molecule has 0 aromatic rings. The summed E-state index contributed by atoms with van der Waals surface area (Å²) in [6.45, 7) is 1.92. The fourth-order valence-electron chi connectivity index (χ4n) is 0.516. The van der Waals surface area contributed by atoms with E-state index in [1.54, 1.807) is 0 Å². The first-order valence-corrected chi connectivity index (χ1v) is 3.64. The lowest BCUT2D eigenvalue weighted by Gasteiger charge is -2.05. The molecule has 1 nitrogen and oxygen atoms in total. The van der Waals surface area contributed by atoms with Gasteiger partial charge < -0.3 is 4.55 Å². The van der Waals surface area contributed by atoms with E-state index in [1.165, 1.54) is 0 Å². The maximum atomic E-state index is 10.6. The maximum absolute atomic E-state index is 10.6. The Kier molecular flexibility index (Phi) is 1.40. The average molecular weight is 115 g/mol. The van der Waals surface area contributed by atoms with Gasteiger partial charge in [0.25, 0.3) is 0 Å². The molecule has 2 heteroatoms. The first kappa shape index (κ1) is 5.19. The molecular weight excluding hydrogens is 108 g/mol. The van der Waals surface area contributed by atoms with E-state index in [0.29, 0.717) is 5.75 Å². The minimum Gasteiger partial charge on any atom is -0.616 e. The molecule has 1 rings (SSSR count). The van der Waals surface area contributed by atoms with Crippen molar-refractivity contribution < 1.29 is 4.55 Å². The van der Waals surface area contributed by atoms with Crippen molar-refractivity contribution in [2.24, 2.45) is 0 Å². The molecule has 0 saturated carbocycles. The maximum Gasteiger partial charge on any atom is 0.138 e. The Morgan fingerprint density at radius 1 is 2.00 bits per heavy atom. The van der Waals surface area contributed by atoms with Gasteiger partial charge in [-0.25, -0.2) is 0 Å². The van der Waals surface area contributed by atoms with Crippen molar-refractivity contribution in [2.45, 2.75) is 12.2 Å². The Morgan fingerprint density at radius 3 is 2.86 bits per heavy atom.